The standard InChI is InChI=1S/C29H34N2O6/c1-5-31(6-2)15-13-30(14-16-31)29(21-9-11-25(36-7-3)23(17-21)19-27(32)33)22-10-12-26(37-8-4)24(18-22)20-28(34)35/h9-18H,5-8,19-20H2,1-4H3/p+2. The fourth-order valence-corrected chi connectivity index (χ4v) is 4.42. The van der Waals surface area contributed by atoms with E-state index >= 15 is 0 Å². The van der Waals surface area contributed by atoms with Gasteiger partial charge in [0.2, 0.25) is 18.1 Å². The van der Waals surface area contributed by atoms with Crippen molar-refractivity contribution in [3.05, 3.63) is 83.5 Å². The molecular formula is C29H36N2O6+2. The van der Waals surface area contributed by atoms with E-state index in [-0.39, 0.29) is 12.8 Å². The molecule has 0 saturated carbocycles. The SMILES string of the molecule is CCOc1ccc(C(c2ccc(OCC)c(CC(=O)O)c2)=[N+]2C=C[N+](CC)(CC)C=C2)cc1CC(=O)O. The molecule has 2 N–H and O–H groups in total. The molecule has 196 valence electrons. The van der Waals surface area contributed by atoms with Crippen molar-refractivity contribution in [2.24, 2.45) is 0 Å². The van der Waals surface area contributed by atoms with Crippen LogP contribution in [0.25, 0.3) is 0 Å². The molecule has 2 aromatic carbocycles. The highest BCUT2D eigenvalue weighted by Crippen LogP contribution is 2.27. The highest BCUT2D eigenvalue weighted by Gasteiger charge is 2.28. The van der Waals surface area contributed by atoms with Crippen LogP contribution in [0, 0.1) is 0 Å². The summed E-state index contributed by atoms with van der Waals surface area (Å²) >= 11 is 0. The zero-order valence-corrected chi connectivity index (χ0v) is 21.9. The first-order valence-electron chi connectivity index (χ1n) is 12.6. The molecule has 1 aliphatic heterocycles. The van der Waals surface area contributed by atoms with Gasteiger partial charge in [0, 0.05) is 22.3 Å². The Morgan fingerprint density at radius 3 is 1.54 bits per heavy atom. The number of nitrogens with zero attached hydrogens (tertiary/aromatic N) is 2. The number of carboxylic acid groups (broad SMARTS) is 2. The summed E-state index contributed by atoms with van der Waals surface area (Å²) in [6, 6.07) is 11.0. The van der Waals surface area contributed by atoms with E-state index in [0.717, 1.165) is 29.9 Å². The van der Waals surface area contributed by atoms with Crippen LogP contribution in [0.2, 0.25) is 0 Å². The molecule has 0 saturated heterocycles. The largest absolute Gasteiger partial charge is 0.494 e. The first-order chi connectivity index (χ1) is 17.8. The van der Waals surface area contributed by atoms with Gasteiger partial charge in [0.25, 0.3) is 0 Å². The number of hydrogen-bond acceptors (Lipinski definition) is 4. The van der Waals surface area contributed by atoms with Crippen LogP contribution in [0.4, 0.5) is 0 Å². The monoisotopic (exact) mass is 508 g/mol. The molecule has 0 spiro atoms. The fraction of sp³-hybridized carbons (Fsp3) is 0.345. The predicted octanol–water partition coefficient (Wildman–Crippen LogP) is 4.40. The van der Waals surface area contributed by atoms with Crippen LogP contribution in [0.3, 0.4) is 0 Å². The summed E-state index contributed by atoms with van der Waals surface area (Å²) in [6.45, 7) is 10.6. The van der Waals surface area contributed by atoms with Crippen molar-refractivity contribution in [2.45, 2.75) is 40.5 Å². The third kappa shape index (κ3) is 6.65. The van der Waals surface area contributed by atoms with Gasteiger partial charge in [-0.05, 0) is 64.1 Å². The Bertz CT molecular complexity index is 1150. The number of aliphatic carboxylic acids is 2. The van der Waals surface area contributed by atoms with Crippen LogP contribution in [0.1, 0.15) is 49.9 Å². The second-order valence-corrected chi connectivity index (χ2v) is 8.74. The number of hydrogen-bond donors (Lipinski definition) is 2. The van der Waals surface area contributed by atoms with E-state index in [1.54, 1.807) is 12.1 Å². The number of quaternary nitrogens is 1. The lowest BCUT2D eigenvalue weighted by molar-refractivity contribution is -0.832. The van der Waals surface area contributed by atoms with Crippen LogP contribution in [0.15, 0.2) is 61.2 Å². The fourth-order valence-electron chi connectivity index (χ4n) is 4.42. The van der Waals surface area contributed by atoms with Gasteiger partial charge in [-0.25, -0.2) is 0 Å². The molecule has 3 rings (SSSR count). The average molecular weight is 509 g/mol. The molecule has 0 bridgehead atoms. The van der Waals surface area contributed by atoms with E-state index in [2.05, 4.69) is 26.2 Å². The number of benzene rings is 2. The van der Waals surface area contributed by atoms with E-state index in [1.807, 2.05) is 55.1 Å². The molecule has 0 atom stereocenters. The number of rotatable bonds is 12. The zero-order chi connectivity index (χ0) is 27.0. The van der Waals surface area contributed by atoms with E-state index in [0.29, 0.717) is 40.3 Å². The van der Waals surface area contributed by atoms with Crippen molar-refractivity contribution in [3.63, 3.8) is 0 Å². The van der Waals surface area contributed by atoms with Crippen LogP contribution in [-0.2, 0) is 22.4 Å². The van der Waals surface area contributed by atoms with Crippen LogP contribution in [0.5, 0.6) is 11.5 Å². The van der Waals surface area contributed by atoms with Gasteiger partial charge in [0.1, 0.15) is 11.5 Å². The minimum absolute atomic E-state index is 0.179. The quantitative estimate of drug-likeness (QED) is 0.326. The first kappa shape index (κ1) is 27.7. The second kappa shape index (κ2) is 12.4. The molecule has 2 aromatic rings. The van der Waals surface area contributed by atoms with Crippen molar-refractivity contribution in [3.8, 4) is 11.5 Å². The van der Waals surface area contributed by atoms with Gasteiger partial charge < -0.3 is 19.7 Å². The molecule has 0 amide bonds. The van der Waals surface area contributed by atoms with Gasteiger partial charge in [-0.1, -0.05) is 0 Å². The Labute approximate surface area is 218 Å². The minimum Gasteiger partial charge on any atom is -0.494 e. The van der Waals surface area contributed by atoms with Gasteiger partial charge in [-0.3, -0.25) is 14.1 Å². The lowest BCUT2D eigenvalue weighted by Crippen LogP contribution is -2.39. The van der Waals surface area contributed by atoms with E-state index in [4.69, 9.17) is 9.47 Å². The van der Waals surface area contributed by atoms with Gasteiger partial charge in [-0.2, -0.15) is 4.58 Å². The Balaban J connectivity index is 2.26. The lowest BCUT2D eigenvalue weighted by atomic mass is 9.96. The van der Waals surface area contributed by atoms with Crippen molar-refractivity contribution in [1.29, 1.82) is 0 Å². The van der Waals surface area contributed by atoms with Gasteiger partial charge in [0.15, 0.2) is 12.4 Å². The summed E-state index contributed by atoms with van der Waals surface area (Å²) in [7, 11) is 0. The minimum atomic E-state index is -0.949. The Kier molecular flexibility index (Phi) is 9.25. The molecule has 1 aliphatic rings. The molecule has 0 fully saturated rings. The molecular weight excluding hydrogens is 472 g/mol. The number of carbonyl (C=O) groups is 2. The summed E-state index contributed by atoms with van der Waals surface area (Å²) in [5.41, 5.74) is 3.50. The molecule has 0 radical (unpaired) electrons. The smallest absolute Gasteiger partial charge is 0.307 e. The number of ether oxygens (including phenoxy) is 2. The molecule has 0 aliphatic carbocycles. The second-order valence-electron chi connectivity index (χ2n) is 8.74. The summed E-state index contributed by atoms with van der Waals surface area (Å²) in [5, 5.41) is 19.0. The zero-order valence-electron chi connectivity index (χ0n) is 21.9. The lowest BCUT2D eigenvalue weighted by Gasteiger charge is -2.27. The summed E-state index contributed by atoms with van der Waals surface area (Å²) < 4.78 is 14.1. The van der Waals surface area contributed by atoms with Gasteiger partial charge >= 0.3 is 11.9 Å². The predicted molar refractivity (Wildman–Crippen MR) is 141 cm³/mol. The van der Waals surface area contributed by atoms with Crippen molar-refractivity contribution < 1.29 is 38.3 Å². The highest BCUT2D eigenvalue weighted by atomic mass is 16.5. The molecule has 8 heteroatoms. The third-order valence-electron chi connectivity index (χ3n) is 6.43. The molecule has 0 unspecified atom stereocenters. The van der Waals surface area contributed by atoms with Crippen LogP contribution in [-0.4, -0.2) is 63.2 Å². The Morgan fingerprint density at radius 1 is 0.757 bits per heavy atom. The molecule has 1 heterocycles. The van der Waals surface area contributed by atoms with Crippen molar-refractivity contribution in [1.82, 2.24) is 0 Å². The van der Waals surface area contributed by atoms with Gasteiger partial charge in [-0.15, -0.1) is 0 Å². The van der Waals surface area contributed by atoms with Crippen molar-refractivity contribution >= 4 is 17.7 Å². The number of carboxylic acids is 2. The highest BCUT2D eigenvalue weighted by molar-refractivity contribution is 6.10. The van der Waals surface area contributed by atoms with Gasteiger partial charge in [0.05, 0.1) is 39.1 Å². The summed E-state index contributed by atoms with van der Waals surface area (Å²) in [5.74, 6) is -0.835. The van der Waals surface area contributed by atoms with Crippen molar-refractivity contribution in [2.75, 3.05) is 26.3 Å². The van der Waals surface area contributed by atoms with E-state index in [1.165, 1.54) is 0 Å². The Morgan fingerprint density at radius 2 is 1.19 bits per heavy atom. The Hall–Kier alpha value is -3.91. The van der Waals surface area contributed by atoms with E-state index < -0.39 is 11.9 Å². The summed E-state index contributed by atoms with van der Waals surface area (Å²) in [6.07, 6.45) is 7.90. The van der Waals surface area contributed by atoms with E-state index in [9.17, 15) is 19.8 Å². The maximum absolute atomic E-state index is 11.6. The maximum atomic E-state index is 11.6. The molecule has 8 nitrogen and oxygen atoms in total. The molecule has 0 aromatic heterocycles. The van der Waals surface area contributed by atoms with Crippen LogP contribution >= 0.6 is 0 Å². The molecule has 37 heavy (non-hydrogen) atoms. The van der Waals surface area contributed by atoms with Crippen LogP contribution < -0.4 is 9.47 Å². The maximum Gasteiger partial charge on any atom is 0.307 e. The first-order valence-corrected chi connectivity index (χ1v) is 12.6. The normalized spacial score (nSPS) is 13.9. The third-order valence-corrected chi connectivity index (χ3v) is 6.43. The topological polar surface area (TPSA) is 96.1 Å². The summed E-state index contributed by atoms with van der Waals surface area (Å²) in [4.78, 5) is 23.2. The average Bonchev–Trinajstić information content (AvgIpc) is 2.87.